The summed E-state index contributed by atoms with van der Waals surface area (Å²) in [4.78, 5) is 34.4. The van der Waals surface area contributed by atoms with Crippen molar-refractivity contribution in [2.24, 2.45) is 16.6 Å². The molecule has 0 amide bonds. The average molecular weight is 359 g/mol. The molecule has 0 radical (unpaired) electrons. The van der Waals surface area contributed by atoms with Gasteiger partial charge in [-0.2, -0.15) is 0 Å². The fourth-order valence-corrected chi connectivity index (χ4v) is 2.69. The lowest BCUT2D eigenvalue weighted by Gasteiger charge is -2.44. The third kappa shape index (κ3) is 7.86. The van der Waals surface area contributed by atoms with Crippen LogP contribution in [0.3, 0.4) is 0 Å². The van der Waals surface area contributed by atoms with E-state index in [2.05, 4.69) is 0 Å². The molecule has 0 aliphatic heterocycles. The standard InChI is InChI=1S/C18H33NO6/c1-7-18(6,19)17(5,12-16(2,3)4)15(23)25-11-10-24-14(22)9-8-13(20)21/h7-12,19H2,1-6H3,(H,20,21). The summed E-state index contributed by atoms with van der Waals surface area (Å²) in [6.07, 6.45) is 0.670. The molecule has 0 rings (SSSR count). The van der Waals surface area contributed by atoms with Crippen LogP contribution in [0, 0.1) is 10.8 Å². The zero-order chi connectivity index (χ0) is 19.9. The summed E-state index contributed by atoms with van der Waals surface area (Å²) in [5.74, 6) is -2.12. The summed E-state index contributed by atoms with van der Waals surface area (Å²) >= 11 is 0. The van der Waals surface area contributed by atoms with Crippen molar-refractivity contribution in [2.45, 2.75) is 72.8 Å². The predicted octanol–water partition coefficient (Wildman–Crippen LogP) is 2.51. The van der Waals surface area contributed by atoms with Crippen LogP contribution >= 0.6 is 0 Å². The SMILES string of the molecule is CCC(C)(N)C(C)(CC(C)(C)C)C(=O)OCCOC(=O)CCC(=O)O. The number of carboxylic acid groups (broad SMARTS) is 1. The molecule has 0 aromatic heterocycles. The number of hydrogen-bond donors (Lipinski definition) is 2. The Kier molecular flexibility index (Phi) is 8.58. The summed E-state index contributed by atoms with van der Waals surface area (Å²) in [5, 5.41) is 8.50. The van der Waals surface area contributed by atoms with Crippen LogP contribution < -0.4 is 5.73 Å². The maximum absolute atomic E-state index is 12.7. The van der Waals surface area contributed by atoms with Gasteiger partial charge in [0.25, 0.3) is 0 Å². The van der Waals surface area contributed by atoms with Crippen molar-refractivity contribution in [3.8, 4) is 0 Å². The Balaban J connectivity index is 4.70. The van der Waals surface area contributed by atoms with Crippen molar-refractivity contribution in [1.82, 2.24) is 0 Å². The van der Waals surface area contributed by atoms with Gasteiger partial charge in [-0.3, -0.25) is 14.4 Å². The van der Waals surface area contributed by atoms with Gasteiger partial charge in [0.1, 0.15) is 13.2 Å². The molecule has 0 saturated heterocycles. The molecule has 7 nitrogen and oxygen atoms in total. The maximum atomic E-state index is 12.7. The molecule has 0 aromatic rings. The van der Waals surface area contributed by atoms with E-state index < -0.39 is 28.9 Å². The highest BCUT2D eigenvalue weighted by Crippen LogP contribution is 2.43. The molecular weight excluding hydrogens is 326 g/mol. The van der Waals surface area contributed by atoms with Gasteiger partial charge in [-0.25, -0.2) is 0 Å². The molecule has 0 heterocycles. The van der Waals surface area contributed by atoms with E-state index in [4.69, 9.17) is 20.3 Å². The lowest BCUT2D eigenvalue weighted by atomic mass is 9.63. The zero-order valence-corrected chi connectivity index (χ0v) is 16.3. The van der Waals surface area contributed by atoms with Gasteiger partial charge in [-0.05, 0) is 32.1 Å². The Labute approximate surface area is 150 Å². The zero-order valence-electron chi connectivity index (χ0n) is 16.3. The van der Waals surface area contributed by atoms with Crippen LogP contribution in [0.25, 0.3) is 0 Å². The number of nitrogens with two attached hydrogens (primary N) is 1. The lowest BCUT2D eigenvalue weighted by molar-refractivity contribution is -0.165. The molecule has 0 aliphatic rings. The second kappa shape index (κ2) is 9.17. The summed E-state index contributed by atoms with van der Waals surface area (Å²) in [5.41, 5.74) is 4.64. The minimum Gasteiger partial charge on any atom is -0.481 e. The molecule has 2 unspecified atom stereocenters. The van der Waals surface area contributed by atoms with E-state index >= 15 is 0 Å². The van der Waals surface area contributed by atoms with Crippen LogP contribution in [0.5, 0.6) is 0 Å². The third-order valence-corrected chi connectivity index (χ3v) is 4.45. The highest BCUT2D eigenvalue weighted by atomic mass is 16.6. The number of esters is 2. The Morgan fingerprint density at radius 1 is 0.960 bits per heavy atom. The molecule has 7 heteroatoms. The largest absolute Gasteiger partial charge is 0.481 e. The normalized spacial score (nSPS) is 16.4. The lowest BCUT2D eigenvalue weighted by Crippen LogP contribution is -2.57. The first-order chi connectivity index (χ1) is 11.2. The van der Waals surface area contributed by atoms with Gasteiger partial charge in [0.05, 0.1) is 18.3 Å². The molecule has 0 bridgehead atoms. The number of rotatable bonds is 10. The van der Waals surface area contributed by atoms with Gasteiger partial charge in [0.15, 0.2) is 0 Å². The van der Waals surface area contributed by atoms with Crippen molar-refractivity contribution >= 4 is 17.9 Å². The summed E-state index contributed by atoms with van der Waals surface area (Å²) in [6, 6.07) is 0. The second-order valence-corrected chi connectivity index (χ2v) is 8.09. The Morgan fingerprint density at radius 2 is 1.48 bits per heavy atom. The van der Waals surface area contributed by atoms with Crippen LogP contribution in [0.1, 0.15) is 67.2 Å². The molecule has 0 aromatic carbocycles. The number of carboxylic acids is 1. The van der Waals surface area contributed by atoms with E-state index in [1.54, 1.807) is 0 Å². The molecule has 0 aliphatic carbocycles. The Hall–Kier alpha value is -1.63. The minimum atomic E-state index is -1.07. The van der Waals surface area contributed by atoms with Gasteiger partial charge in [0.2, 0.25) is 0 Å². The van der Waals surface area contributed by atoms with Crippen molar-refractivity contribution in [2.75, 3.05) is 13.2 Å². The summed E-state index contributed by atoms with van der Waals surface area (Å²) in [6.45, 7) is 11.5. The molecule has 0 spiro atoms. The van der Waals surface area contributed by atoms with Gasteiger partial charge >= 0.3 is 17.9 Å². The van der Waals surface area contributed by atoms with Crippen molar-refractivity contribution in [1.29, 1.82) is 0 Å². The van der Waals surface area contributed by atoms with Crippen LogP contribution in [-0.2, 0) is 23.9 Å². The van der Waals surface area contributed by atoms with Gasteiger partial charge in [0, 0.05) is 5.54 Å². The maximum Gasteiger partial charge on any atom is 0.313 e. The minimum absolute atomic E-state index is 0.0861. The Morgan fingerprint density at radius 3 is 1.92 bits per heavy atom. The highest BCUT2D eigenvalue weighted by molar-refractivity contribution is 5.78. The topological polar surface area (TPSA) is 116 Å². The Bertz CT molecular complexity index is 480. The van der Waals surface area contributed by atoms with Crippen molar-refractivity contribution in [3.05, 3.63) is 0 Å². The van der Waals surface area contributed by atoms with Crippen LogP contribution in [0.2, 0.25) is 0 Å². The molecule has 0 saturated carbocycles. The smallest absolute Gasteiger partial charge is 0.313 e. The number of hydrogen-bond acceptors (Lipinski definition) is 6. The quantitative estimate of drug-likeness (QED) is 0.455. The summed E-state index contributed by atoms with van der Waals surface area (Å²) in [7, 11) is 0. The summed E-state index contributed by atoms with van der Waals surface area (Å²) < 4.78 is 10.2. The number of carbonyl (C=O) groups excluding carboxylic acids is 2. The first-order valence-corrected chi connectivity index (χ1v) is 8.59. The van der Waals surface area contributed by atoms with Crippen molar-refractivity contribution < 1.29 is 29.0 Å². The molecule has 3 N–H and O–H groups in total. The fraction of sp³-hybridized carbons (Fsp3) is 0.833. The first kappa shape index (κ1) is 23.4. The number of aliphatic carboxylic acids is 1. The highest BCUT2D eigenvalue weighted by Gasteiger charge is 2.49. The van der Waals surface area contributed by atoms with Gasteiger partial charge < -0.3 is 20.3 Å². The molecule has 0 fully saturated rings. The average Bonchev–Trinajstić information content (AvgIpc) is 2.47. The van der Waals surface area contributed by atoms with Gasteiger partial charge in [-0.1, -0.05) is 27.7 Å². The van der Waals surface area contributed by atoms with E-state index in [-0.39, 0.29) is 31.5 Å². The van der Waals surface area contributed by atoms with E-state index in [0.717, 1.165) is 0 Å². The van der Waals surface area contributed by atoms with E-state index in [0.29, 0.717) is 12.8 Å². The third-order valence-electron chi connectivity index (χ3n) is 4.45. The molecule has 2 atom stereocenters. The fourth-order valence-electron chi connectivity index (χ4n) is 2.69. The van der Waals surface area contributed by atoms with Crippen LogP contribution in [0.4, 0.5) is 0 Å². The van der Waals surface area contributed by atoms with E-state index in [1.807, 2.05) is 41.5 Å². The van der Waals surface area contributed by atoms with Crippen molar-refractivity contribution in [3.63, 3.8) is 0 Å². The van der Waals surface area contributed by atoms with Crippen LogP contribution in [0.15, 0.2) is 0 Å². The monoisotopic (exact) mass is 359 g/mol. The molecular formula is C18H33NO6. The van der Waals surface area contributed by atoms with Crippen LogP contribution in [-0.4, -0.2) is 41.8 Å². The molecule has 146 valence electrons. The molecule has 25 heavy (non-hydrogen) atoms. The number of ether oxygens (including phenoxy) is 2. The first-order valence-electron chi connectivity index (χ1n) is 8.59. The van der Waals surface area contributed by atoms with E-state index in [1.165, 1.54) is 0 Å². The second-order valence-electron chi connectivity index (χ2n) is 8.09. The van der Waals surface area contributed by atoms with Gasteiger partial charge in [-0.15, -0.1) is 0 Å². The predicted molar refractivity (Wildman–Crippen MR) is 93.9 cm³/mol. The number of carbonyl (C=O) groups is 3. The van der Waals surface area contributed by atoms with E-state index in [9.17, 15) is 14.4 Å².